The first kappa shape index (κ1) is 15.6. The zero-order valence-electron chi connectivity index (χ0n) is 11.3. The van der Waals surface area contributed by atoms with Gasteiger partial charge in [-0.15, -0.1) is 0 Å². The van der Waals surface area contributed by atoms with Crippen LogP contribution in [0, 0.1) is 18.2 Å². The van der Waals surface area contributed by atoms with E-state index >= 15 is 0 Å². The number of carboxylic acids is 1. The van der Waals surface area contributed by atoms with Crippen LogP contribution in [0.2, 0.25) is 0 Å². The number of sulfone groups is 1. The minimum atomic E-state index is -3.46. The fourth-order valence-electron chi connectivity index (χ4n) is 1.78. The Morgan fingerprint density at radius 1 is 1.37 bits per heavy atom. The van der Waals surface area contributed by atoms with Crippen LogP contribution in [-0.2, 0) is 21.1 Å². The molecule has 106 valence electrons. The summed E-state index contributed by atoms with van der Waals surface area (Å²) in [5.74, 6) is -1.65. The molecule has 19 heavy (non-hydrogen) atoms. The minimum Gasteiger partial charge on any atom is -0.481 e. The van der Waals surface area contributed by atoms with Gasteiger partial charge in [-0.1, -0.05) is 0 Å². The summed E-state index contributed by atoms with van der Waals surface area (Å²) in [6.07, 6.45) is 0.969. The molecule has 0 aliphatic carbocycles. The highest BCUT2D eigenvalue weighted by atomic mass is 32.2. The van der Waals surface area contributed by atoms with Crippen LogP contribution in [0.25, 0.3) is 0 Å². The predicted molar refractivity (Wildman–Crippen MR) is 69.4 cm³/mol. The number of benzene rings is 1. The maximum Gasteiger partial charge on any atom is 0.309 e. The van der Waals surface area contributed by atoms with E-state index in [0.717, 1.165) is 12.3 Å². The van der Waals surface area contributed by atoms with Gasteiger partial charge < -0.3 is 5.11 Å². The van der Waals surface area contributed by atoms with Crippen molar-refractivity contribution in [1.82, 2.24) is 0 Å². The number of halogens is 1. The maximum absolute atomic E-state index is 13.8. The number of carboxylic acid groups (broad SMARTS) is 1. The number of rotatable bonds is 4. The summed E-state index contributed by atoms with van der Waals surface area (Å²) in [6, 6.07) is 2.36. The lowest BCUT2D eigenvalue weighted by atomic mass is 9.85. The second kappa shape index (κ2) is 4.92. The van der Waals surface area contributed by atoms with Gasteiger partial charge in [0.1, 0.15) is 5.82 Å². The lowest BCUT2D eigenvalue weighted by molar-refractivity contribution is -0.146. The molecule has 6 heteroatoms. The standard InChI is InChI=1S/C13H17FO4S/c1-8-5-10(14)9(6-11(8)19(4,17)18)7-13(2,3)12(15)16/h5-6H,7H2,1-4H3,(H,15,16). The van der Waals surface area contributed by atoms with Crippen molar-refractivity contribution in [2.75, 3.05) is 6.26 Å². The summed E-state index contributed by atoms with van der Waals surface area (Å²) in [5, 5.41) is 9.04. The monoisotopic (exact) mass is 288 g/mol. The molecule has 1 aromatic rings. The van der Waals surface area contributed by atoms with Crippen LogP contribution < -0.4 is 0 Å². The van der Waals surface area contributed by atoms with Gasteiger partial charge in [0, 0.05) is 6.26 Å². The molecule has 4 nitrogen and oxygen atoms in total. The van der Waals surface area contributed by atoms with E-state index in [9.17, 15) is 17.6 Å². The Labute approximate surface area is 112 Å². The van der Waals surface area contributed by atoms with Gasteiger partial charge in [-0.25, -0.2) is 12.8 Å². The Morgan fingerprint density at radius 2 is 1.89 bits per heavy atom. The lowest BCUT2D eigenvalue weighted by Gasteiger charge is -2.20. The van der Waals surface area contributed by atoms with Crippen molar-refractivity contribution in [2.45, 2.75) is 32.1 Å². The van der Waals surface area contributed by atoms with Crippen LogP contribution in [0.4, 0.5) is 4.39 Å². The number of hydrogen-bond acceptors (Lipinski definition) is 3. The van der Waals surface area contributed by atoms with E-state index < -0.39 is 27.0 Å². The summed E-state index contributed by atoms with van der Waals surface area (Å²) >= 11 is 0. The van der Waals surface area contributed by atoms with E-state index in [2.05, 4.69) is 0 Å². The largest absolute Gasteiger partial charge is 0.481 e. The molecule has 0 bridgehead atoms. The van der Waals surface area contributed by atoms with Crippen molar-refractivity contribution in [3.05, 3.63) is 29.1 Å². The van der Waals surface area contributed by atoms with Gasteiger partial charge in [-0.3, -0.25) is 4.79 Å². The van der Waals surface area contributed by atoms with Gasteiger partial charge >= 0.3 is 5.97 Å². The Hall–Kier alpha value is -1.43. The average Bonchev–Trinajstić information content (AvgIpc) is 2.19. The quantitative estimate of drug-likeness (QED) is 0.862. The van der Waals surface area contributed by atoms with Crippen LogP contribution in [0.1, 0.15) is 25.0 Å². The molecule has 0 fully saturated rings. The topological polar surface area (TPSA) is 71.4 Å². The third-order valence-corrected chi connectivity index (χ3v) is 4.19. The van der Waals surface area contributed by atoms with E-state index in [4.69, 9.17) is 5.11 Å². The maximum atomic E-state index is 13.8. The first-order valence-corrected chi connectivity index (χ1v) is 7.57. The molecule has 0 aliphatic rings. The summed E-state index contributed by atoms with van der Waals surface area (Å²) in [7, 11) is -3.46. The summed E-state index contributed by atoms with van der Waals surface area (Å²) in [4.78, 5) is 11.1. The molecule has 0 radical (unpaired) electrons. The summed E-state index contributed by atoms with van der Waals surface area (Å²) in [6.45, 7) is 4.44. The van der Waals surface area contributed by atoms with Crippen LogP contribution in [0.5, 0.6) is 0 Å². The zero-order chi connectivity index (χ0) is 15.0. The highest BCUT2D eigenvalue weighted by Gasteiger charge is 2.29. The van der Waals surface area contributed by atoms with Gasteiger partial charge in [0.15, 0.2) is 9.84 Å². The van der Waals surface area contributed by atoms with E-state index in [1.54, 1.807) is 0 Å². The Bertz CT molecular complexity index is 618. The van der Waals surface area contributed by atoms with E-state index in [1.165, 1.54) is 26.8 Å². The molecule has 0 saturated carbocycles. The fourth-order valence-corrected chi connectivity index (χ4v) is 2.78. The first-order chi connectivity index (χ1) is 8.45. The average molecular weight is 288 g/mol. The third-order valence-electron chi connectivity index (χ3n) is 2.95. The molecule has 0 amide bonds. The van der Waals surface area contributed by atoms with Crippen LogP contribution >= 0.6 is 0 Å². The molecule has 1 rings (SSSR count). The number of aryl methyl sites for hydroxylation is 1. The first-order valence-electron chi connectivity index (χ1n) is 5.67. The highest BCUT2D eigenvalue weighted by Crippen LogP contribution is 2.27. The minimum absolute atomic E-state index is 0.0325. The van der Waals surface area contributed by atoms with Crippen molar-refractivity contribution in [3.63, 3.8) is 0 Å². The van der Waals surface area contributed by atoms with Gasteiger partial charge in [0.25, 0.3) is 0 Å². The molecule has 1 aromatic carbocycles. The SMILES string of the molecule is Cc1cc(F)c(CC(C)(C)C(=O)O)cc1S(C)(=O)=O. The Kier molecular flexibility index (Phi) is 4.05. The Morgan fingerprint density at radius 3 is 2.32 bits per heavy atom. The van der Waals surface area contributed by atoms with Gasteiger partial charge in [-0.05, 0) is 50.5 Å². The van der Waals surface area contributed by atoms with Crippen LogP contribution in [0.15, 0.2) is 17.0 Å². The molecule has 0 atom stereocenters. The van der Waals surface area contributed by atoms with Crippen LogP contribution in [-0.4, -0.2) is 25.7 Å². The lowest BCUT2D eigenvalue weighted by Crippen LogP contribution is -2.26. The van der Waals surface area contributed by atoms with E-state index in [1.807, 2.05) is 0 Å². The fraction of sp³-hybridized carbons (Fsp3) is 0.462. The molecule has 0 aliphatic heterocycles. The summed E-state index contributed by atoms with van der Waals surface area (Å²) in [5.41, 5.74) is -0.750. The molecule has 0 aromatic heterocycles. The van der Waals surface area contributed by atoms with Crippen molar-refractivity contribution in [1.29, 1.82) is 0 Å². The van der Waals surface area contributed by atoms with Crippen molar-refractivity contribution in [2.24, 2.45) is 5.41 Å². The van der Waals surface area contributed by atoms with Crippen molar-refractivity contribution >= 4 is 15.8 Å². The number of aliphatic carboxylic acids is 1. The van der Waals surface area contributed by atoms with Crippen molar-refractivity contribution < 1.29 is 22.7 Å². The molecule has 0 heterocycles. The molecule has 0 saturated heterocycles. The molecular formula is C13H17FO4S. The van der Waals surface area contributed by atoms with Gasteiger partial charge in [-0.2, -0.15) is 0 Å². The van der Waals surface area contributed by atoms with E-state index in [-0.39, 0.29) is 16.9 Å². The third kappa shape index (κ3) is 3.53. The second-order valence-electron chi connectivity index (χ2n) is 5.35. The second-order valence-corrected chi connectivity index (χ2v) is 7.33. The number of carbonyl (C=O) groups is 1. The number of hydrogen-bond donors (Lipinski definition) is 1. The predicted octanol–water partition coefficient (Wildman–Crippen LogP) is 2.19. The van der Waals surface area contributed by atoms with Crippen LogP contribution in [0.3, 0.4) is 0 Å². The molecule has 0 unspecified atom stereocenters. The van der Waals surface area contributed by atoms with Gasteiger partial charge in [0.05, 0.1) is 10.3 Å². The summed E-state index contributed by atoms with van der Waals surface area (Å²) < 4.78 is 37.0. The zero-order valence-corrected chi connectivity index (χ0v) is 12.1. The molecular weight excluding hydrogens is 271 g/mol. The Balaban J connectivity index is 3.35. The highest BCUT2D eigenvalue weighted by molar-refractivity contribution is 7.90. The van der Waals surface area contributed by atoms with E-state index in [0.29, 0.717) is 5.56 Å². The van der Waals surface area contributed by atoms with Crippen molar-refractivity contribution in [3.8, 4) is 0 Å². The normalized spacial score (nSPS) is 12.5. The molecule has 1 N–H and O–H groups in total. The van der Waals surface area contributed by atoms with Gasteiger partial charge in [0.2, 0.25) is 0 Å². The molecule has 0 spiro atoms. The smallest absolute Gasteiger partial charge is 0.309 e.